The highest BCUT2D eigenvalue weighted by atomic mass is 19.4. The molecule has 0 radical (unpaired) electrons. The molecule has 2 rings (SSSR count). The second kappa shape index (κ2) is 11.2. The number of nitrogens with zero attached hydrogens (tertiary/aromatic N) is 1. The first-order valence-corrected chi connectivity index (χ1v) is 10.5. The van der Waals surface area contributed by atoms with Crippen molar-refractivity contribution in [2.75, 3.05) is 11.9 Å². The number of ether oxygens (including phenoxy) is 1. The summed E-state index contributed by atoms with van der Waals surface area (Å²) in [6.45, 7) is 13.7. The standard InChI is InChI=1S/C23H28F3NO2.C2H6/c1-7-14(2)13-27(6)22-16(4)20(12-15(3)21(22)17(5)28)18-8-10-19(11-9-18)29-23(24,25)26;1-2/h8-13,17,28H,7H2,1-6H3;1-2H3/b14-13+;. The summed E-state index contributed by atoms with van der Waals surface area (Å²) in [5.74, 6) is -0.255. The predicted octanol–water partition coefficient (Wildman–Crippen LogP) is 7.70. The smallest absolute Gasteiger partial charge is 0.406 e. The first-order chi connectivity index (χ1) is 14.4. The maximum Gasteiger partial charge on any atom is 0.573 e. The highest BCUT2D eigenvalue weighted by Crippen LogP contribution is 2.39. The number of halogens is 3. The van der Waals surface area contributed by atoms with Gasteiger partial charge in [0.1, 0.15) is 5.75 Å². The summed E-state index contributed by atoms with van der Waals surface area (Å²) in [4.78, 5) is 2.01. The molecule has 172 valence electrons. The summed E-state index contributed by atoms with van der Waals surface area (Å²) < 4.78 is 41.2. The lowest BCUT2D eigenvalue weighted by Crippen LogP contribution is -2.17. The van der Waals surface area contributed by atoms with Crippen molar-refractivity contribution < 1.29 is 23.0 Å². The van der Waals surface area contributed by atoms with Gasteiger partial charge in [0.25, 0.3) is 0 Å². The molecule has 0 spiro atoms. The molecule has 0 saturated heterocycles. The second-order valence-corrected chi connectivity index (χ2v) is 7.32. The molecule has 6 heteroatoms. The maximum atomic E-state index is 12.4. The van der Waals surface area contributed by atoms with E-state index in [0.717, 1.165) is 39.9 Å². The molecule has 1 atom stereocenters. The van der Waals surface area contributed by atoms with Crippen molar-refractivity contribution in [2.45, 2.75) is 67.4 Å². The van der Waals surface area contributed by atoms with Crippen molar-refractivity contribution in [1.29, 1.82) is 0 Å². The largest absolute Gasteiger partial charge is 0.573 e. The highest BCUT2D eigenvalue weighted by Gasteiger charge is 2.31. The Balaban J connectivity index is 0.00000233. The number of allylic oxidation sites excluding steroid dienone is 1. The van der Waals surface area contributed by atoms with E-state index in [0.29, 0.717) is 0 Å². The third kappa shape index (κ3) is 7.03. The van der Waals surface area contributed by atoms with Gasteiger partial charge in [-0.15, -0.1) is 13.2 Å². The average molecular weight is 438 g/mol. The van der Waals surface area contributed by atoms with Crippen LogP contribution < -0.4 is 9.64 Å². The molecule has 0 aliphatic heterocycles. The van der Waals surface area contributed by atoms with Crippen LogP contribution in [0.5, 0.6) is 5.75 Å². The van der Waals surface area contributed by atoms with Gasteiger partial charge in [-0.1, -0.05) is 44.5 Å². The molecule has 0 amide bonds. The Morgan fingerprint density at radius 3 is 2.16 bits per heavy atom. The Labute approximate surface area is 184 Å². The van der Waals surface area contributed by atoms with Crippen LogP contribution in [0, 0.1) is 13.8 Å². The van der Waals surface area contributed by atoms with Crippen LogP contribution in [0.15, 0.2) is 42.1 Å². The number of rotatable bonds is 6. The zero-order valence-electron chi connectivity index (χ0n) is 19.7. The van der Waals surface area contributed by atoms with E-state index in [1.807, 2.05) is 58.8 Å². The van der Waals surface area contributed by atoms with E-state index in [1.165, 1.54) is 17.7 Å². The Morgan fingerprint density at radius 2 is 1.71 bits per heavy atom. The number of aryl methyl sites for hydroxylation is 1. The summed E-state index contributed by atoms with van der Waals surface area (Å²) in [5, 5.41) is 10.4. The topological polar surface area (TPSA) is 32.7 Å². The molecule has 1 N–H and O–H groups in total. The van der Waals surface area contributed by atoms with E-state index in [9.17, 15) is 18.3 Å². The van der Waals surface area contributed by atoms with E-state index >= 15 is 0 Å². The number of aliphatic hydroxyl groups is 1. The Kier molecular flexibility index (Phi) is 9.63. The number of hydrogen-bond acceptors (Lipinski definition) is 3. The molecule has 0 heterocycles. The SMILES string of the molecule is CC.CC/C(C)=C/N(C)c1c(C)c(-c2ccc(OC(F)(F)F)cc2)cc(C)c1C(C)O. The minimum Gasteiger partial charge on any atom is -0.406 e. The fraction of sp³-hybridized carbons (Fsp3) is 0.440. The molecule has 0 aromatic heterocycles. The van der Waals surface area contributed by atoms with Crippen molar-refractivity contribution in [3.63, 3.8) is 0 Å². The molecule has 0 aliphatic carbocycles. The molecule has 0 saturated carbocycles. The maximum absolute atomic E-state index is 12.4. The Morgan fingerprint density at radius 1 is 1.16 bits per heavy atom. The van der Waals surface area contributed by atoms with Crippen LogP contribution >= 0.6 is 0 Å². The van der Waals surface area contributed by atoms with Crippen molar-refractivity contribution in [3.8, 4) is 16.9 Å². The van der Waals surface area contributed by atoms with Crippen molar-refractivity contribution in [2.24, 2.45) is 0 Å². The van der Waals surface area contributed by atoms with Crippen molar-refractivity contribution in [3.05, 3.63) is 58.8 Å². The monoisotopic (exact) mass is 437 g/mol. The van der Waals surface area contributed by atoms with Crippen molar-refractivity contribution in [1.82, 2.24) is 0 Å². The third-order valence-corrected chi connectivity index (χ3v) is 4.94. The molecule has 1 unspecified atom stereocenters. The van der Waals surface area contributed by atoms with Crippen LogP contribution in [0.3, 0.4) is 0 Å². The van der Waals surface area contributed by atoms with Gasteiger partial charge in [-0.25, -0.2) is 0 Å². The van der Waals surface area contributed by atoms with Crippen molar-refractivity contribution >= 4 is 5.69 Å². The predicted molar refractivity (Wildman–Crippen MR) is 122 cm³/mol. The lowest BCUT2D eigenvalue weighted by atomic mass is 9.90. The number of benzene rings is 2. The Bertz CT molecular complexity index is 885. The quantitative estimate of drug-likeness (QED) is 0.503. The summed E-state index contributed by atoms with van der Waals surface area (Å²) in [5.41, 5.74) is 6.47. The van der Waals surface area contributed by atoms with Gasteiger partial charge < -0.3 is 14.7 Å². The lowest BCUT2D eigenvalue weighted by Gasteiger charge is -2.27. The van der Waals surface area contributed by atoms with E-state index in [2.05, 4.69) is 11.7 Å². The molecule has 0 aliphatic rings. The minimum absolute atomic E-state index is 0.255. The molecule has 0 fully saturated rings. The first-order valence-electron chi connectivity index (χ1n) is 10.5. The summed E-state index contributed by atoms with van der Waals surface area (Å²) in [7, 11) is 1.94. The van der Waals surface area contributed by atoms with Gasteiger partial charge in [-0.05, 0) is 68.5 Å². The zero-order valence-corrected chi connectivity index (χ0v) is 19.7. The molecule has 2 aromatic rings. The van der Waals surface area contributed by atoms with E-state index < -0.39 is 12.5 Å². The molecular formula is C25H34F3NO2. The number of aliphatic hydroxyl groups excluding tert-OH is 1. The second-order valence-electron chi connectivity index (χ2n) is 7.32. The van der Waals surface area contributed by atoms with Gasteiger partial charge in [0.15, 0.2) is 0 Å². The summed E-state index contributed by atoms with van der Waals surface area (Å²) >= 11 is 0. The molecule has 31 heavy (non-hydrogen) atoms. The highest BCUT2D eigenvalue weighted by molar-refractivity contribution is 5.79. The summed E-state index contributed by atoms with van der Waals surface area (Å²) in [6, 6.07) is 7.81. The van der Waals surface area contributed by atoms with Crippen LogP contribution in [0.1, 0.15) is 63.8 Å². The van der Waals surface area contributed by atoms with Gasteiger partial charge in [-0.3, -0.25) is 0 Å². The van der Waals surface area contributed by atoms with Gasteiger partial charge in [0.05, 0.1) is 11.8 Å². The van der Waals surface area contributed by atoms with E-state index in [4.69, 9.17) is 0 Å². The average Bonchev–Trinajstić information content (AvgIpc) is 2.69. The fourth-order valence-corrected chi connectivity index (χ4v) is 3.52. The van der Waals surface area contributed by atoms with Crippen LogP contribution in [0.2, 0.25) is 0 Å². The third-order valence-electron chi connectivity index (χ3n) is 4.94. The first kappa shape index (κ1) is 26.6. The lowest BCUT2D eigenvalue weighted by molar-refractivity contribution is -0.274. The number of hydrogen-bond donors (Lipinski definition) is 1. The van der Waals surface area contributed by atoms with Gasteiger partial charge >= 0.3 is 6.36 Å². The van der Waals surface area contributed by atoms with Crippen LogP contribution in [-0.4, -0.2) is 18.5 Å². The van der Waals surface area contributed by atoms with E-state index in [1.54, 1.807) is 19.1 Å². The van der Waals surface area contributed by atoms with Crippen LogP contribution in [0.25, 0.3) is 11.1 Å². The van der Waals surface area contributed by atoms with Gasteiger partial charge in [0.2, 0.25) is 0 Å². The number of anilines is 1. The van der Waals surface area contributed by atoms with E-state index in [-0.39, 0.29) is 5.75 Å². The molecule has 3 nitrogen and oxygen atoms in total. The summed E-state index contributed by atoms with van der Waals surface area (Å²) in [6.07, 6.45) is -2.42. The van der Waals surface area contributed by atoms with Crippen LogP contribution in [0.4, 0.5) is 18.9 Å². The molecule has 0 bridgehead atoms. The van der Waals surface area contributed by atoms with Gasteiger partial charge in [0, 0.05) is 18.8 Å². The number of alkyl halides is 3. The molecular weight excluding hydrogens is 403 g/mol. The Hall–Kier alpha value is -2.47. The van der Waals surface area contributed by atoms with Crippen LogP contribution in [-0.2, 0) is 0 Å². The zero-order chi connectivity index (χ0) is 23.9. The molecule has 2 aromatic carbocycles. The normalized spacial score (nSPS) is 12.7. The van der Waals surface area contributed by atoms with Gasteiger partial charge in [-0.2, -0.15) is 0 Å². The fourth-order valence-electron chi connectivity index (χ4n) is 3.52. The minimum atomic E-state index is -4.72.